The van der Waals surface area contributed by atoms with Gasteiger partial charge in [-0.3, -0.25) is 4.79 Å². The largest absolute Gasteiger partial charge is 0.423 e. The highest BCUT2D eigenvalue weighted by atomic mass is 16.4. The van der Waals surface area contributed by atoms with E-state index in [0.717, 1.165) is 16.5 Å². The van der Waals surface area contributed by atoms with Crippen LogP contribution in [0, 0.1) is 13.8 Å². The molecule has 0 aliphatic heterocycles. The fourth-order valence-corrected chi connectivity index (χ4v) is 2.26. The van der Waals surface area contributed by atoms with Gasteiger partial charge >= 0.3 is 5.63 Å². The first-order valence-electron chi connectivity index (χ1n) is 6.54. The molecule has 2 aromatic heterocycles. The minimum Gasteiger partial charge on any atom is -0.423 e. The van der Waals surface area contributed by atoms with Gasteiger partial charge in [-0.15, -0.1) is 0 Å². The molecule has 3 rings (SSSR count). The van der Waals surface area contributed by atoms with Crippen LogP contribution in [0.15, 0.2) is 45.7 Å². The van der Waals surface area contributed by atoms with Gasteiger partial charge in [-0.05, 0) is 49.2 Å². The van der Waals surface area contributed by atoms with E-state index < -0.39 is 0 Å². The summed E-state index contributed by atoms with van der Waals surface area (Å²) in [5.74, 6) is -0.211. The number of aromatic amines is 1. The summed E-state index contributed by atoms with van der Waals surface area (Å²) < 4.78 is 5.18. The first-order valence-corrected chi connectivity index (χ1v) is 6.54. The van der Waals surface area contributed by atoms with Crippen LogP contribution in [0.1, 0.15) is 21.6 Å². The maximum Gasteiger partial charge on any atom is 0.336 e. The fourth-order valence-electron chi connectivity index (χ4n) is 2.26. The molecular formula is C16H14N2O3. The highest BCUT2D eigenvalue weighted by molar-refractivity contribution is 6.04. The monoisotopic (exact) mass is 282 g/mol. The number of anilines is 1. The number of nitrogens with one attached hydrogen (secondary N) is 2. The summed E-state index contributed by atoms with van der Waals surface area (Å²) in [7, 11) is 0. The van der Waals surface area contributed by atoms with Gasteiger partial charge in [0, 0.05) is 23.3 Å². The molecular weight excluding hydrogens is 268 g/mol. The summed E-state index contributed by atoms with van der Waals surface area (Å²) in [6.45, 7) is 3.69. The summed E-state index contributed by atoms with van der Waals surface area (Å²) in [6.07, 6.45) is 1.70. The Morgan fingerprint density at radius 3 is 2.71 bits per heavy atom. The molecule has 0 fully saturated rings. The van der Waals surface area contributed by atoms with Gasteiger partial charge in [0.05, 0.1) is 0 Å². The van der Waals surface area contributed by atoms with Crippen LogP contribution in [0.3, 0.4) is 0 Å². The van der Waals surface area contributed by atoms with E-state index in [1.165, 1.54) is 6.07 Å². The van der Waals surface area contributed by atoms with Crippen molar-refractivity contribution in [2.75, 3.05) is 5.32 Å². The molecule has 0 unspecified atom stereocenters. The number of H-pyrrole nitrogens is 1. The Hall–Kier alpha value is -2.82. The third-order valence-corrected chi connectivity index (χ3v) is 3.39. The average molecular weight is 282 g/mol. The Morgan fingerprint density at radius 2 is 2.00 bits per heavy atom. The van der Waals surface area contributed by atoms with Gasteiger partial charge in [0.15, 0.2) is 0 Å². The van der Waals surface area contributed by atoms with Gasteiger partial charge in [0.25, 0.3) is 5.91 Å². The molecule has 21 heavy (non-hydrogen) atoms. The topological polar surface area (TPSA) is 75.1 Å². The highest BCUT2D eigenvalue weighted by Gasteiger charge is 2.11. The maximum absolute atomic E-state index is 12.1. The second kappa shape index (κ2) is 4.94. The maximum atomic E-state index is 12.1. The number of carbonyl (C=O) groups is 1. The van der Waals surface area contributed by atoms with Crippen molar-refractivity contribution in [1.82, 2.24) is 4.98 Å². The van der Waals surface area contributed by atoms with Gasteiger partial charge in [0.1, 0.15) is 11.3 Å². The normalized spacial score (nSPS) is 10.8. The molecule has 106 valence electrons. The molecule has 0 atom stereocenters. The van der Waals surface area contributed by atoms with Crippen LogP contribution in [0.4, 0.5) is 5.69 Å². The van der Waals surface area contributed by atoms with Crippen molar-refractivity contribution in [3.8, 4) is 0 Å². The number of rotatable bonds is 2. The van der Waals surface area contributed by atoms with Crippen LogP contribution in [0.5, 0.6) is 0 Å². The Morgan fingerprint density at radius 1 is 1.19 bits per heavy atom. The Balaban J connectivity index is 2.05. The van der Waals surface area contributed by atoms with E-state index in [2.05, 4.69) is 10.3 Å². The predicted octanol–water partition coefficient (Wildman–Crippen LogP) is 2.99. The van der Waals surface area contributed by atoms with Crippen molar-refractivity contribution < 1.29 is 9.21 Å². The molecule has 0 radical (unpaired) electrons. The molecule has 1 amide bonds. The second-order valence-electron chi connectivity index (χ2n) is 4.95. The lowest BCUT2D eigenvalue weighted by Crippen LogP contribution is -2.13. The Kier molecular flexibility index (Phi) is 3.10. The van der Waals surface area contributed by atoms with Crippen molar-refractivity contribution in [1.29, 1.82) is 0 Å². The number of hydrogen-bond acceptors (Lipinski definition) is 3. The van der Waals surface area contributed by atoms with E-state index in [4.69, 9.17) is 4.42 Å². The zero-order valence-electron chi connectivity index (χ0n) is 11.7. The molecule has 0 aliphatic carbocycles. The van der Waals surface area contributed by atoms with Crippen LogP contribution < -0.4 is 10.9 Å². The van der Waals surface area contributed by atoms with E-state index >= 15 is 0 Å². The highest BCUT2D eigenvalue weighted by Crippen LogP contribution is 2.25. The second-order valence-corrected chi connectivity index (χ2v) is 4.95. The van der Waals surface area contributed by atoms with Crippen molar-refractivity contribution >= 4 is 22.6 Å². The summed E-state index contributed by atoms with van der Waals surface area (Å²) >= 11 is 0. The van der Waals surface area contributed by atoms with Crippen LogP contribution in [0.2, 0.25) is 0 Å². The van der Waals surface area contributed by atoms with Crippen LogP contribution in [0.25, 0.3) is 11.0 Å². The molecule has 5 heteroatoms. The first kappa shape index (κ1) is 13.2. The quantitative estimate of drug-likeness (QED) is 0.709. The molecule has 3 aromatic rings. The van der Waals surface area contributed by atoms with Crippen molar-refractivity contribution in [2.24, 2.45) is 0 Å². The average Bonchev–Trinajstić information content (AvgIpc) is 2.94. The molecule has 5 nitrogen and oxygen atoms in total. The van der Waals surface area contributed by atoms with E-state index in [9.17, 15) is 9.59 Å². The first-order chi connectivity index (χ1) is 10.0. The SMILES string of the molecule is Cc1cc2oc(=O)cc(C)c2cc1NC(=O)c1ccc[nH]1. The summed E-state index contributed by atoms with van der Waals surface area (Å²) in [5, 5.41) is 3.66. The van der Waals surface area contributed by atoms with E-state index in [1.807, 2.05) is 19.9 Å². The zero-order chi connectivity index (χ0) is 15.0. The summed E-state index contributed by atoms with van der Waals surface area (Å²) in [6, 6.07) is 8.49. The van der Waals surface area contributed by atoms with E-state index in [-0.39, 0.29) is 11.5 Å². The molecule has 1 aromatic carbocycles. The van der Waals surface area contributed by atoms with Crippen molar-refractivity contribution in [3.63, 3.8) is 0 Å². The molecule has 0 spiro atoms. The Bertz CT molecular complexity index is 876. The molecule has 2 heterocycles. The van der Waals surface area contributed by atoms with Gasteiger partial charge in [-0.2, -0.15) is 0 Å². The number of hydrogen-bond donors (Lipinski definition) is 2. The number of aromatic nitrogens is 1. The van der Waals surface area contributed by atoms with Crippen molar-refractivity contribution in [2.45, 2.75) is 13.8 Å². The van der Waals surface area contributed by atoms with Crippen molar-refractivity contribution in [3.05, 3.63) is 63.8 Å². The standard InChI is InChI=1S/C16H14N2O3/c1-9-7-15(19)21-14-6-10(2)13(8-11(9)14)18-16(20)12-4-3-5-17-12/h3-8,17H,1-2H3,(H,18,20). The molecule has 2 N–H and O–H groups in total. The lowest BCUT2D eigenvalue weighted by atomic mass is 10.1. The number of benzene rings is 1. The zero-order valence-corrected chi connectivity index (χ0v) is 11.7. The van der Waals surface area contributed by atoms with Gasteiger partial charge in [-0.1, -0.05) is 0 Å². The molecule has 0 aliphatic rings. The lowest BCUT2D eigenvalue weighted by molar-refractivity contribution is 0.102. The third kappa shape index (κ3) is 2.45. The summed E-state index contributed by atoms with van der Waals surface area (Å²) in [4.78, 5) is 26.3. The smallest absolute Gasteiger partial charge is 0.336 e. The van der Waals surface area contributed by atoms with Crippen LogP contribution in [-0.4, -0.2) is 10.9 Å². The Labute approximate surface area is 120 Å². The number of aryl methyl sites for hydroxylation is 2. The minimum atomic E-state index is -0.373. The number of fused-ring (bicyclic) bond motifs is 1. The lowest BCUT2D eigenvalue weighted by Gasteiger charge is -2.10. The summed E-state index contributed by atoms with van der Waals surface area (Å²) in [5.41, 5.74) is 2.98. The van der Waals surface area contributed by atoms with Gasteiger partial charge in [-0.25, -0.2) is 4.79 Å². The third-order valence-electron chi connectivity index (χ3n) is 3.39. The van der Waals surface area contributed by atoms with E-state index in [1.54, 1.807) is 24.4 Å². The fraction of sp³-hybridized carbons (Fsp3) is 0.125. The number of carbonyl (C=O) groups excluding carboxylic acids is 1. The minimum absolute atomic E-state index is 0.211. The predicted molar refractivity (Wildman–Crippen MR) is 80.7 cm³/mol. The van der Waals surface area contributed by atoms with E-state index in [0.29, 0.717) is 17.0 Å². The van der Waals surface area contributed by atoms with Crippen LogP contribution in [-0.2, 0) is 0 Å². The number of amides is 1. The van der Waals surface area contributed by atoms with Gasteiger partial charge < -0.3 is 14.7 Å². The molecule has 0 saturated heterocycles. The van der Waals surface area contributed by atoms with Gasteiger partial charge in [0.2, 0.25) is 0 Å². The molecule has 0 bridgehead atoms. The molecule has 0 saturated carbocycles. The van der Waals surface area contributed by atoms with Crippen LogP contribution >= 0.6 is 0 Å².